The zero-order valence-electron chi connectivity index (χ0n) is 31.1. The van der Waals surface area contributed by atoms with Crippen molar-refractivity contribution in [2.24, 2.45) is 10.1 Å². The summed E-state index contributed by atoms with van der Waals surface area (Å²) in [5.41, 5.74) is 8.38. The number of pyridine rings is 1. The number of carbonyl (C=O) groups is 1. The van der Waals surface area contributed by atoms with Crippen LogP contribution in [0.5, 0.6) is 0 Å². The van der Waals surface area contributed by atoms with Crippen LogP contribution in [0.3, 0.4) is 0 Å². The van der Waals surface area contributed by atoms with Gasteiger partial charge in [-0.05, 0) is 101 Å². The molecular weight excluding hydrogens is 718 g/mol. The van der Waals surface area contributed by atoms with Gasteiger partial charge in [0.25, 0.3) is 0 Å². The molecule has 1 unspecified atom stereocenters. The Kier molecular flexibility index (Phi) is 12.3. The Hall–Kier alpha value is -4.71. The average molecular weight is 764 g/mol. The minimum Gasteiger partial charge on any atom is -0.466 e. The van der Waals surface area contributed by atoms with E-state index in [1.807, 2.05) is 61.7 Å². The molecule has 0 saturated heterocycles. The monoisotopic (exact) mass is 763 g/mol. The molecule has 3 aromatic heterocycles. The summed E-state index contributed by atoms with van der Waals surface area (Å²) in [6, 6.07) is 20.3. The number of halogens is 1. The lowest BCUT2D eigenvalue weighted by molar-refractivity contribution is -0.143. The second kappa shape index (κ2) is 17.6. The lowest BCUT2D eigenvalue weighted by Gasteiger charge is -2.27. The first-order chi connectivity index (χ1) is 26.4. The zero-order valence-corrected chi connectivity index (χ0v) is 32.7. The molecule has 0 saturated carbocycles. The largest absolute Gasteiger partial charge is 0.466 e. The number of aromatic nitrogens is 4. The van der Waals surface area contributed by atoms with E-state index in [0.717, 1.165) is 96.5 Å². The minimum absolute atomic E-state index is 0.142. The van der Waals surface area contributed by atoms with Crippen molar-refractivity contribution in [1.29, 1.82) is 0 Å². The number of hydrogen-bond acceptors (Lipinski definition) is 10. The molecule has 2 aliphatic heterocycles. The van der Waals surface area contributed by atoms with Crippen molar-refractivity contribution >= 4 is 40.3 Å². The highest BCUT2D eigenvalue weighted by Gasteiger charge is 2.33. The summed E-state index contributed by atoms with van der Waals surface area (Å²) >= 11 is 8.63. The molecule has 0 bridgehead atoms. The molecular formula is C42H46ClN7O3S. The van der Waals surface area contributed by atoms with E-state index in [4.69, 9.17) is 26.2 Å². The summed E-state index contributed by atoms with van der Waals surface area (Å²) < 4.78 is 7.22. The van der Waals surface area contributed by atoms with E-state index in [-0.39, 0.29) is 12.0 Å². The summed E-state index contributed by atoms with van der Waals surface area (Å²) in [4.78, 5) is 30.9. The van der Waals surface area contributed by atoms with Crippen LogP contribution in [0.15, 0.2) is 83.2 Å². The third-order valence-corrected chi connectivity index (χ3v) is 11.4. The number of unbranched alkanes of at least 4 members (excludes halogenated alkanes) is 2. The fraction of sp³-hybridized carbons (Fsp3) is 0.381. The van der Waals surface area contributed by atoms with Crippen LogP contribution < -0.4 is 0 Å². The first kappa shape index (κ1) is 37.6. The van der Waals surface area contributed by atoms with Crippen molar-refractivity contribution in [3.63, 3.8) is 0 Å². The van der Waals surface area contributed by atoms with Gasteiger partial charge in [-0.3, -0.25) is 24.2 Å². The number of nitrogens with zero attached hydrogens (tertiary/aromatic N) is 7. The number of aliphatic imine (C=N–C) groups is 1. The Morgan fingerprint density at radius 1 is 1.04 bits per heavy atom. The normalized spacial score (nSPS) is 15.5. The first-order valence-electron chi connectivity index (χ1n) is 18.9. The van der Waals surface area contributed by atoms with Gasteiger partial charge in [0.2, 0.25) is 0 Å². The number of thiophene rings is 1. The minimum atomic E-state index is -0.175. The van der Waals surface area contributed by atoms with Crippen molar-refractivity contribution in [3.8, 4) is 5.00 Å². The standard InChI is InChI=1S/C42H46ClN7O3S/c1-4-52-37(51)19-8-10-24-53-48-39(32-16-12-21-44-26-32)31-15-11-14-30(25-31)13-7-9-22-49-23-20-34-36(27-49)54-42-38(34)40(33-17-5-6-18-35(33)43)45-28(2)41-47-46-29(3)50(41)42/h5-6,11-12,14-18,21,25-26,28H,4,7-10,13,19-20,22-24,27H2,1-3H3/b48-39-. The number of hydrogen-bond donors (Lipinski definition) is 0. The van der Waals surface area contributed by atoms with Crippen LogP contribution >= 0.6 is 22.9 Å². The Bertz CT molecular complexity index is 2140. The smallest absolute Gasteiger partial charge is 0.305 e. The topological polar surface area (TPSA) is 107 Å². The highest BCUT2D eigenvalue weighted by atomic mass is 35.5. The lowest BCUT2D eigenvalue weighted by Crippen LogP contribution is -2.31. The molecule has 5 heterocycles. The van der Waals surface area contributed by atoms with Gasteiger partial charge in [-0.15, -0.1) is 21.5 Å². The predicted molar refractivity (Wildman–Crippen MR) is 214 cm³/mol. The zero-order chi connectivity index (χ0) is 37.4. The van der Waals surface area contributed by atoms with E-state index in [2.05, 4.69) is 67.1 Å². The van der Waals surface area contributed by atoms with Gasteiger partial charge in [0.15, 0.2) is 5.82 Å². The molecule has 2 aromatic carbocycles. The van der Waals surface area contributed by atoms with E-state index in [1.165, 1.54) is 21.6 Å². The predicted octanol–water partition coefficient (Wildman–Crippen LogP) is 8.48. The molecule has 2 aliphatic rings. The van der Waals surface area contributed by atoms with E-state index in [0.29, 0.717) is 31.1 Å². The van der Waals surface area contributed by atoms with Crippen LogP contribution in [0.2, 0.25) is 5.02 Å². The fourth-order valence-electron chi connectivity index (χ4n) is 7.20. The maximum absolute atomic E-state index is 11.6. The van der Waals surface area contributed by atoms with E-state index in [1.54, 1.807) is 6.20 Å². The van der Waals surface area contributed by atoms with Crippen LogP contribution in [0, 0.1) is 6.92 Å². The number of ether oxygens (including phenoxy) is 1. The third-order valence-electron chi connectivity index (χ3n) is 9.89. The average Bonchev–Trinajstić information content (AvgIpc) is 3.72. The maximum Gasteiger partial charge on any atom is 0.305 e. The third kappa shape index (κ3) is 8.48. The molecule has 0 aliphatic carbocycles. The van der Waals surface area contributed by atoms with Crippen LogP contribution in [0.25, 0.3) is 5.00 Å². The Morgan fingerprint density at radius 2 is 1.91 bits per heavy atom. The molecule has 0 N–H and O–H groups in total. The second-order valence-electron chi connectivity index (χ2n) is 13.7. The SMILES string of the molecule is CCOC(=O)CCCCO/N=C(\c1cccnc1)c1cccc(CCCCN2CCc3c(sc4c3C(c3ccccc3Cl)=NC(C)c3nnc(C)n3-4)C2)c1. The van der Waals surface area contributed by atoms with Gasteiger partial charge >= 0.3 is 5.97 Å². The summed E-state index contributed by atoms with van der Waals surface area (Å²) in [5.74, 6) is 1.57. The molecule has 54 heavy (non-hydrogen) atoms. The van der Waals surface area contributed by atoms with Gasteiger partial charge in [0.1, 0.15) is 29.2 Å². The van der Waals surface area contributed by atoms with Gasteiger partial charge < -0.3 is 9.57 Å². The molecule has 0 spiro atoms. The highest BCUT2D eigenvalue weighted by molar-refractivity contribution is 7.15. The summed E-state index contributed by atoms with van der Waals surface area (Å²) in [6.45, 7) is 9.69. The van der Waals surface area contributed by atoms with E-state index in [9.17, 15) is 4.79 Å². The number of fused-ring (bicyclic) bond motifs is 5. The highest BCUT2D eigenvalue weighted by Crippen LogP contribution is 2.42. The lowest BCUT2D eigenvalue weighted by atomic mass is 9.95. The molecule has 280 valence electrons. The fourth-order valence-corrected chi connectivity index (χ4v) is 8.87. The van der Waals surface area contributed by atoms with Gasteiger partial charge in [-0.25, -0.2) is 0 Å². The molecule has 0 fully saturated rings. The Labute approximate surface area is 325 Å². The van der Waals surface area contributed by atoms with Gasteiger partial charge in [0, 0.05) is 64.1 Å². The van der Waals surface area contributed by atoms with Crippen LogP contribution in [-0.4, -0.2) is 68.3 Å². The number of carbonyl (C=O) groups excluding carboxylic acids is 1. The van der Waals surface area contributed by atoms with Crippen LogP contribution in [0.1, 0.15) is 102 Å². The quantitative estimate of drug-likeness (QED) is 0.0456. The molecule has 7 rings (SSSR count). The van der Waals surface area contributed by atoms with Crippen molar-refractivity contribution in [3.05, 3.63) is 128 Å². The molecule has 10 nitrogen and oxygen atoms in total. The van der Waals surface area contributed by atoms with Crippen molar-refractivity contribution in [2.75, 3.05) is 26.3 Å². The molecule has 0 radical (unpaired) electrons. The van der Waals surface area contributed by atoms with Crippen molar-refractivity contribution in [2.45, 2.75) is 78.3 Å². The van der Waals surface area contributed by atoms with Crippen LogP contribution in [0.4, 0.5) is 0 Å². The Balaban J connectivity index is 0.995. The number of oxime groups is 1. The molecule has 0 amide bonds. The van der Waals surface area contributed by atoms with E-state index < -0.39 is 0 Å². The van der Waals surface area contributed by atoms with Crippen molar-refractivity contribution < 1.29 is 14.4 Å². The molecule has 12 heteroatoms. The van der Waals surface area contributed by atoms with E-state index >= 15 is 0 Å². The molecule has 5 aromatic rings. The van der Waals surface area contributed by atoms with Gasteiger partial charge in [-0.2, -0.15) is 0 Å². The van der Waals surface area contributed by atoms with Gasteiger partial charge in [-0.1, -0.05) is 53.2 Å². The maximum atomic E-state index is 11.6. The van der Waals surface area contributed by atoms with Crippen LogP contribution in [-0.2, 0) is 33.8 Å². The number of esters is 1. The summed E-state index contributed by atoms with van der Waals surface area (Å²) in [6.07, 6.45) is 9.47. The first-order valence-corrected chi connectivity index (χ1v) is 20.1. The number of rotatable bonds is 15. The van der Waals surface area contributed by atoms with Gasteiger partial charge in [0.05, 0.1) is 12.3 Å². The Morgan fingerprint density at radius 3 is 2.74 bits per heavy atom. The summed E-state index contributed by atoms with van der Waals surface area (Å²) in [5, 5.41) is 15.4. The summed E-state index contributed by atoms with van der Waals surface area (Å²) in [7, 11) is 0. The number of aryl methyl sites for hydroxylation is 2. The molecule has 1 atom stereocenters. The van der Waals surface area contributed by atoms with Crippen molar-refractivity contribution in [1.82, 2.24) is 24.6 Å². The second-order valence-corrected chi connectivity index (χ2v) is 15.2. The number of benzene rings is 2.